The van der Waals surface area contributed by atoms with Crippen LogP contribution in [0.25, 0.3) is 0 Å². The smallest absolute Gasteiger partial charge is 0.202 e. The summed E-state index contributed by atoms with van der Waals surface area (Å²) in [5.74, 6) is 0.305. The second kappa shape index (κ2) is 5.16. The fourth-order valence-corrected chi connectivity index (χ4v) is 1.41. The largest absolute Gasteiger partial charge is 0.278 e. The molecule has 0 aromatic rings. The molecular formula is C6H15BrN2O2S. The maximum Gasteiger partial charge on any atom is 0.278 e. The van der Waals surface area contributed by atoms with Gasteiger partial charge in [-0.3, -0.25) is 0 Å². The summed E-state index contributed by atoms with van der Waals surface area (Å²) in [6.45, 7) is 2.43. The van der Waals surface area contributed by atoms with Gasteiger partial charge < -0.3 is 0 Å². The van der Waals surface area contributed by atoms with Crippen molar-refractivity contribution in [2.24, 2.45) is 5.92 Å². The van der Waals surface area contributed by atoms with Crippen LogP contribution in [0.2, 0.25) is 0 Å². The monoisotopic (exact) mass is 258 g/mol. The van der Waals surface area contributed by atoms with Crippen molar-refractivity contribution in [1.82, 2.24) is 9.03 Å². The van der Waals surface area contributed by atoms with Crippen LogP contribution in [0.4, 0.5) is 0 Å². The third-order valence-corrected chi connectivity index (χ3v) is 3.96. The lowest BCUT2D eigenvalue weighted by Crippen LogP contribution is -2.38. The Labute approximate surface area is 82.6 Å². The summed E-state index contributed by atoms with van der Waals surface area (Å²) in [6, 6.07) is 0. The Morgan fingerprint density at radius 3 is 2.33 bits per heavy atom. The topological polar surface area (TPSA) is 49.4 Å². The van der Waals surface area contributed by atoms with Crippen molar-refractivity contribution >= 4 is 26.1 Å². The lowest BCUT2D eigenvalue weighted by atomic mass is 10.2. The molecule has 0 aliphatic rings. The standard InChI is InChI=1S/C6H15BrN2O2S/c1-6(4-7)5-8-12(10,11)9(2)3/h6,8H,4-5H2,1-3H3. The zero-order chi connectivity index (χ0) is 9.78. The first-order chi connectivity index (χ1) is 5.40. The fraction of sp³-hybridized carbons (Fsp3) is 1.00. The first-order valence-electron chi connectivity index (χ1n) is 3.63. The zero-order valence-electron chi connectivity index (χ0n) is 7.54. The Bertz CT molecular complexity index is 216. The van der Waals surface area contributed by atoms with E-state index in [2.05, 4.69) is 20.7 Å². The molecule has 0 aliphatic heterocycles. The van der Waals surface area contributed by atoms with E-state index < -0.39 is 10.2 Å². The van der Waals surface area contributed by atoms with Gasteiger partial charge in [-0.15, -0.1) is 0 Å². The number of rotatable bonds is 5. The van der Waals surface area contributed by atoms with Gasteiger partial charge in [0.15, 0.2) is 0 Å². The highest BCUT2D eigenvalue weighted by Gasteiger charge is 2.13. The molecule has 0 heterocycles. The van der Waals surface area contributed by atoms with E-state index in [-0.39, 0.29) is 0 Å². The van der Waals surface area contributed by atoms with E-state index in [1.165, 1.54) is 14.1 Å². The molecule has 0 saturated heterocycles. The second-order valence-corrected chi connectivity index (χ2v) is 5.51. The molecular weight excluding hydrogens is 244 g/mol. The van der Waals surface area contributed by atoms with Crippen LogP contribution < -0.4 is 4.72 Å². The predicted octanol–water partition coefficient (Wildman–Crippen LogP) is 0.413. The molecule has 0 saturated carbocycles. The molecule has 1 atom stereocenters. The number of alkyl halides is 1. The molecule has 4 nitrogen and oxygen atoms in total. The summed E-state index contributed by atoms with van der Waals surface area (Å²) in [5.41, 5.74) is 0. The molecule has 0 aliphatic carbocycles. The van der Waals surface area contributed by atoms with Gasteiger partial charge in [0.25, 0.3) is 10.2 Å². The van der Waals surface area contributed by atoms with E-state index in [4.69, 9.17) is 0 Å². The predicted molar refractivity (Wildman–Crippen MR) is 53.6 cm³/mol. The second-order valence-electron chi connectivity index (χ2n) is 2.90. The summed E-state index contributed by atoms with van der Waals surface area (Å²) < 4.78 is 25.9. The maximum atomic E-state index is 11.2. The first kappa shape index (κ1) is 12.3. The molecule has 0 spiro atoms. The maximum absolute atomic E-state index is 11.2. The summed E-state index contributed by atoms with van der Waals surface area (Å²) >= 11 is 3.27. The van der Waals surface area contributed by atoms with Crippen molar-refractivity contribution in [3.05, 3.63) is 0 Å². The lowest BCUT2D eigenvalue weighted by Gasteiger charge is -2.14. The molecule has 0 radical (unpaired) electrons. The van der Waals surface area contributed by atoms with E-state index in [1.807, 2.05) is 6.92 Å². The molecule has 0 rings (SSSR count). The van der Waals surface area contributed by atoms with Gasteiger partial charge in [-0.25, -0.2) is 4.72 Å². The molecule has 0 fully saturated rings. The van der Waals surface area contributed by atoms with Gasteiger partial charge in [-0.2, -0.15) is 12.7 Å². The molecule has 1 N–H and O–H groups in total. The Hall–Kier alpha value is 0.350. The molecule has 0 aromatic carbocycles. The van der Waals surface area contributed by atoms with Gasteiger partial charge in [0.2, 0.25) is 0 Å². The summed E-state index contributed by atoms with van der Waals surface area (Å²) in [6.07, 6.45) is 0. The SMILES string of the molecule is CC(CBr)CNS(=O)(=O)N(C)C. The van der Waals surface area contributed by atoms with E-state index >= 15 is 0 Å². The third-order valence-electron chi connectivity index (χ3n) is 1.36. The van der Waals surface area contributed by atoms with Crippen LogP contribution in [0.3, 0.4) is 0 Å². The minimum absolute atomic E-state index is 0.305. The molecule has 0 amide bonds. The third kappa shape index (κ3) is 4.39. The first-order valence-corrected chi connectivity index (χ1v) is 6.19. The highest BCUT2D eigenvalue weighted by Crippen LogP contribution is 1.99. The Morgan fingerprint density at radius 1 is 1.50 bits per heavy atom. The van der Waals surface area contributed by atoms with Crippen LogP contribution in [0.15, 0.2) is 0 Å². The highest BCUT2D eigenvalue weighted by molar-refractivity contribution is 9.09. The Kier molecular flexibility index (Phi) is 5.31. The number of hydrogen-bond donors (Lipinski definition) is 1. The van der Waals surface area contributed by atoms with Crippen molar-refractivity contribution in [2.45, 2.75) is 6.92 Å². The molecule has 12 heavy (non-hydrogen) atoms. The Morgan fingerprint density at radius 2 is 2.00 bits per heavy atom. The lowest BCUT2D eigenvalue weighted by molar-refractivity contribution is 0.496. The van der Waals surface area contributed by atoms with E-state index in [9.17, 15) is 8.42 Å². The summed E-state index contributed by atoms with van der Waals surface area (Å²) in [4.78, 5) is 0. The highest BCUT2D eigenvalue weighted by atomic mass is 79.9. The molecule has 0 aromatic heterocycles. The quantitative estimate of drug-likeness (QED) is 0.727. The summed E-state index contributed by atoms with van der Waals surface area (Å²) in [5, 5.41) is 0.795. The fourth-order valence-electron chi connectivity index (χ4n) is 0.431. The Balaban J connectivity index is 3.94. The van der Waals surface area contributed by atoms with Crippen LogP contribution in [0, 0.1) is 5.92 Å². The van der Waals surface area contributed by atoms with Crippen LogP contribution >= 0.6 is 15.9 Å². The number of halogens is 1. The zero-order valence-corrected chi connectivity index (χ0v) is 9.94. The van der Waals surface area contributed by atoms with Crippen molar-refractivity contribution in [3.63, 3.8) is 0 Å². The molecule has 0 bridgehead atoms. The minimum Gasteiger partial charge on any atom is -0.202 e. The van der Waals surface area contributed by atoms with Gasteiger partial charge in [-0.1, -0.05) is 22.9 Å². The average Bonchev–Trinajstić information content (AvgIpc) is 2.00. The normalized spacial score (nSPS) is 15.1. The number of nitrogens with one attached hydrogen (secondary N) is 1. The number of nitrogens with zero attached hydrogens (tertiary/aromatic N) is 1. The van der Waals surface area contributed by atoms with E-state index in [0.717, 1.165) is 9.64 Å². The van der Waals surface area contributed by atoms with Gasteiger partial charge in [0.1, 0.15) is 0 Å². The van der Waals surface area contributed by atoms with Gasteiger partial charge >= 0.3 is 0 Å². The van der Waals surface area contributed by atoms with Crippen LogP contribution in [-0.4, -0.2) is 38.7 Å². The van der Waals surface area contributed by atoms with Crippen LogP contribution in [-0.2, 0) is 10.2 Å². The van der Waals surface area contributed by atoms with E-state index in [0.29, 0.717) is 12.5 Å². The molecule has 1 unspecified atom stereocenters. The number of hydrogen-bond acceptors (Lipinski definition) is 2. The van der Waals surface area contributed by atoms with Gasteiger partial charge in [-0.05, 0) is 5.92 Å². The van der Waals surface area contributed by atoms with Gasteiger partial charge in [0, 0.05) is 26.0 Å². The summed E-state index contributed by atoms with van der Waals surface area (Å²) in [7, 11) is -0.239. The van der Waals surface area contributed by atoms with Crippen molar-refractivity contribution in [2.75, 3.05) is 26.0 Å². The molecule has 6 heteroatoms. The van der Waals surface area contributed by atoms with Crippen molar-refractivity contribution in [3.8, 4) is 0 Å². The van der Waals surface area contributed by atoms with Gasteiger partial charge in [0.05, 0.1) is 0 Å². The van der Waals surface area contributed by atoms with Crippen LogP contribution in [0.5, 0.6) is 0 Å². The average molecular weight is 259 g/mol. The van der Waals surface area contributed by atoms with Crippen molar-refractivity contribution < 1.29 is 8.42 Å². The minimum atomic E-state index is -3.24. The van der Waals surface area contributed by atoms with Crippen LogP contribution in [0.1, 0.15) is 6.92 Å². The molecule has 74 valence electrons. The van der Waals surface area contributed by atoms with E-state index in [1.54, 1.807) is 0 Å². The van der Waals surface area contributed by atoms with Crippen molar-refractivity contribution in [1.29, 1.82) is 0 Å².